The number of fused-ring (bicyclic) bond motifs is 1. The number of nitrogens with zero attached hydrogens (tertiary/aromatic N) is 2. The number of rotatable bonds is 0. The monoisotopic (exact) mass is 150 g/mol. The Morgan fingerprint density at radius 2 is 2.45 bits per heavy atom. The maximum atomic E-state index is 4.37. The van der Waals surface area contributed by atoms with E-state index in [0.717, 1.165) is 12.3 Å². The van der Waals surface area contributed by atoms with E-state index < -0.39 is 0 Å². The Kier molecular flexibility index (Phi) is 1.48. The van der Waals surface area contributed by atoms with Gasteiger partial charge < -0.3 is 4.57 Å². The van der Waals surface area contributed by atoms with Crippen LogP contribution in [-0.4, -0.2) is 9.55 Å². The van der Waals surface area contributed by atoms with Crippen LogP contribution in [0.25, 0.3) is 0 Å². The van der Waals surface area contributed by atoms with Gasteiger partial charge in [-0.1, -0.05) is 6.92 Å². The van der Waals surface area contributed by atoms with E-state index in [0.29, 0.717) is 0 Å². The van der Waals surface area contributed by atoms with Crippen LogP contribution in [0, 0.1) is 12.8 Å². The largest absolute Gasteiger partial charge is 0.332 e. The number of aromatic nitrogens is 2. The van der Waals surface area contributed by atoms with Crippen molar-refractivity contribution in [3.8, 4) is 0 Å². The van der Waals surface area contributed by atoms with Crippen LogP contribution in [0.2, 0.25) is 0 Å². The molecular formula is C9H14N2. The fraction of sp³-hybridized carbons (Fsp3) is 0.667. The Hall–Kier alpha value is -0.790. The summed E-state index contributed by atoms with van der Waals surface area (Å²) in [7, 11) is 0. The fourth-order valence-electron chi connectivity index (χ4n) is 1.74. The van der Waals surface area contributed by atoms with Crippen molar-refractivity contribution in [3.63, 3.8) is 0 Å². The average Bonchev–Trinajstić information content (AvgIpc) is 2.32. The molecule has 0 radical (unpaired) electrons. The summed E-state index contributed by atoms with van der Waals surface area (Å²) in [6, 6.07) is 0. The Labute approximate surface area is 67.3 Å². The standard InChI is InChI=1S/C9H14N2/c1-7-3-4-11-8(2)6-10-9(11)5-7/h6-7H,3-5H2,1-2H3. The van der Waals surface area contributed by atoms with E-state index in [1.54, 1.807) is 0 Å². The Balaban J connectivity index is 2.36. The minimum Gasteiger partial charge on any atom is -0.332 e. The van der Waals surface area contributed by atoms with Crippen LogP contribution >= 0.6 is 0 Å². The highest BCUT2D eigenvalue weighted by Gasteiger charge is 2.16. The predicted octanol–water partition coefficient (Wildman–Crippen LogP) is 1.77. The molecule has 1 aromatic heterocycles. The average molecular weight is 150 g/mol. The minimum absolute atomic E-state index is 0.823. The SMILES string of the molecule is Cc1cnc2n1CCC(C)C2. The van der Waals surface area contributed by atoms with Crippen LogP contribution < -0.4 is 0 Å². The lowest BCUT2D eigenvalue weighted by molar-refractivity contribution is 0.405. The molecule has 0 spiro atoms. The summed E-state index contributed by atoms with van der Waals surface area (Å²) in [6.07, 6.45) is 4.45. The van der Waals surface area contributed by atoms with E-state index in [2.05, 4.69) is 23.4 Å². The van der Waals surface area contributed by atoms with Gasteiger partial charge in [-0.25, -0.2) is 4.98 Å². The molecule has 0 aliphatic carbocycles. The smallest absolute Gasteiger partial charge is 0.109 e. The first-order valence-electron chi connectivity index (χ1n) is 4.28. The summed E-state index contributed by atoms with van der Waals surface area (Å²) >= 11 is 0. The van der Waals surface area contributed by atoms with Gasteiger partial charge in [0.05, 0.1) is 0 Å². The Morgan fingerprint density at radius 3 is 3.27 bits per heavy atom. The zero-order valence-electron chi connectivity index (χ0n) is 7.17. The first-order valence-corrected chi connectivity index (χ1v) is 4.28. The van der Waals surface area contributed by atoms with Crippen molar-refractivity contribution < 1.29 is 0 Å². The van der Waals surface area contributed by atoms with Crippen LogP contribution in [0.5, 0.6) is 0 Å². The summed E-state index contributed by atoms with van der Waals surface area (Å²) < 4.78 is 2.33. The topological polar surface area (TPSA) is 17.8 Å². The third-order valence-electron chi connectivity index (χ3n) is 2.51. The molecule has 2 nitrogen and oxygen atoms in total. The van der Waals surface area contributed by atoms with Crippen LogP contribution in [0.3, 0.4) is 0 Å². The quantitative estimate of drug-likeness (QED) is 0.551. The third-order valence-corrected chi connectivity index (χ3v) is 2.51. The molecule has 1 aromatic rings. The molecule has 1 aliphatic heterocycles. The molecule has 2 rings (SSSR count). The van der Waals surface area contributed by atoms with Crippen LogP contribution in [0.4, 0.5) is 0 Å². The maximum absolute atomic E-state index is 4.37. The van der Waals surface area contributed by atoms with Crippen LogP contribution in [0.15, 0.2) is 6.20 Å². The molecule has 0 amide bonds. The summed E-state index contributed by atoms with van der Waals surface area (Å²) in [4.78, 5) is 4.37. The van der Waals surface area contributed by atoms with Crippen LogP contribution in [-0.2, 0) is 13.0 Å². The van der Waals surface area contributed by atoms with Gasteiger partial charge in [0, 0.05) is 24.9 Å². The third kappa shape index (κ3) is 1.06. The normalized spacial score (nSPS) is 23.3. The highest BCUT2D eigenvalue weighted by atomic mass is 15.1. The second-order valence-electron chi connectivity index (χ2n) is 3.57. The van der Waals surface area contributed by atoms with Crippen molar-refractivity contribution in [3.05, 3.63) is 17.7 Å². The number of aryl methyl sites for hydroxylation is 1. The van der Waals surface area contributed by atoms with Crippen molar-refractivity contribution in [2.24, 2.45) is 5.92 Å². The summed E-state index contributed by atoms with van der Waals surface area (Å²) in [5.74, 6) is 2.10. The van der Waals surface area contributed by atoms with Gasteiger partial charge in [0.1, 0.15) is 5.82 Å². The molecule has 0 bridgehead atoms. The Morgan fingerprint density at radius 1 is 1.64 bits per heavy atom. The van der Waals surface area contributed by atoms with Crippen molar-refractivity contribution >= 4 is 0 Å². The molecule has 0 aromatic carbocycles. The lowest BCUT2D eigenvalue weighted by Crippen LogP contribution is -2.17. The maximum Gasteiger partial charge on any atom is 0.109 e. The summed E-state index contributed by atoms with van der Waals surface area (Å²) in [5.41, 5.74) is 1.31. The van der Waals surface area contributed by atoms with Gasteiger partial charge in [0.2, 0.25) is 0 Å². The van der Waals surface area contributed by atoms with E-state index in [9.17, 15) is 0 Å². The van der Waals surface area contributed by atoms with Crippen LogP contribution in [0.1, 0.15) is 24.9 Å². The number of hydrogen-bond donors (Lipinski definition) is 0. The number of imidazole rings is 1. The molecule has 11 heavy (non-hydrogen) atoms. The second-order valence-corrected chi connectivity index (χ2v) is 3.57. The van der Waals surface area contributed by atoms with E-state index in [-0.39, 0.29) is 0 Å². The highest BCUT2D eigenvalue weighted by molar-refractivity contribution is 5.05. The number of hydrogen-bond acceptors (Lipinski definition) is 1. The van der Waals surface area contributed by atoms with E-state index >= 15 is 0 Å². The molecule has 0 saturated carbocycles. The highest BCUT2D eigenvalue weighted by Crippen LogP contribution is 2.19. The van der Waals surface area contributed by atoms with Gasteiger partial charge in [-0.2, -0.15) is 0 Å². The van der Waals surface area contributed by atoms with Gasteiger partial charge in [0.15, 0.2) is 0 Å². The molecule has 0 N–H and O–H groups in total. The molecule has 0 fully saturated rings. The van der Waals surface area contributed by atoms with E-state index in [4.69, 9.17) is 0 Å². The van der Waals surface area contributed by atoms with Crippen molar-refractivity contribution in [1.29, 1.82) is 0 Å². The molecule has 1 unspecified atom stereocenters. The molecule has 60 valence electrons. The molecule has 2 heteroatoms. The predicted molar refractivity (Wildman–Crippen MR) is 44.4 cm³/mol. The zero-order chi connectivity index (χ0) is 7.84. The molecule has 0 saturated heterocycles. The lowest BCUT2D eigenvalue weighted by atomic mass is 10.0. The molecule has 1 aliphatic rings. The lowest BCUT2D eigenvalue weighted by Gasteiger charge is -2.20. The Bertz CT molecular complexity index is 263. The van der Waals surface area contributed by atoms with E-state index in [1.807, 2.05) is 6.20 Å². The van der Waals surface area contributed by atoms with Gasteiger partial charge in [0.25, 0.3) is 0 Å². The van der Waals surface area contributed by atoms with Crippen molar-refractivity contribution in [1.82, 2.24) is 9.55 Å². The zero-order valence-corrected chi connectivity index (χ0v) is 7.17. The fourth-order valence-corrected chi connectivity index (χ4v) is 1.74. The van der Waals surface area contributed by atoms with Crippen molar-refractivity contribution in [2.75, 3.05) is 0 Å². The van der Waals surface area contributed by atoms with Gasteiger partial charge in [-0.15, -0.1) is 0 Å². The van der Waals surface area contributed by atoms with Gasteiger partial charge in [-0.3, -0.25) is 0 Å². The summed E-state index contributed by atoms with van der Waals surface area (Å²) in [6.45, 7) is 5.60. The minimum atomic E-state index is 0.823. The first-order chi connectivity index (χ1) is 5.27. The first kappa shape index (κ1) is 6.89. The molecule has 2 heterocycles. The molecular weight excluding hydrogens is 136 g/mol. The second kappa shape index (κ2) is 2.36. The van der Waals surface area contributed by atoms with E-state index in [1.165, 1.54) is 24.5 Å². The van der Waals surface area contributed by atoms with Crippen molar-refractivity contribution in [2.45, 2.75) is 33.2 Å². The van der Waals surface area contributed by atoms with Gasteiger partial charge in [-0.05, 0) is 19.3 Å². The summed E-state index contributed by atoms with van der Waals surface area (Å²) in [5, 5.41) is 0. The molecule has 1 atom stereocenters. The van der Waals surface area contributed by atoms with Gasteiger partial charge >= 0.3 is 0 Å².